The van der Waals surface area contributed by atoms with E-state index in [4.69, 9.17) is 18.9 Å². The van der Waals surface area contributed by atoms with Crippen molar-refractivity contribution in [3.63, 3.8) is 0 Å². The van der Waals surface area contributed by atoms with Gasteiger partial charge in [0.1, 0.15) is 48.8 Å². The molecular weight excluding hydrogens is 991 g/mol. The average Bonchev–Trinajstić information content (AvgIpc) is 3.48. The average molecular weight is 1100 g/mol. The number of amides is 1. The lowest BCUT2D eigenvalue weighted by Crippen LogP contribution is -2.65. The second-order valence-electron chi connectivity index (χ2n) is 21.4. The van der Waals surface area contributed by atoms with Gasteiger partial charge in [-0.2, -0.15) is 0 Å². The van der Waals surface area contributed by atoms with Crippen molar-refractivity contribution in [1.29, 1.82) is 0 Å². The van der Waals surface area contributed by atoms with Crippen LogP contribution in [0.2, 0.25) is 0 Å². The maximum atomic E-state index is 13.2. The third-order valence-corrected chi connectivity index (χ3v) is 14.5. The lowest BCUT2D eigenvalue weighted by atomic mass is 9.97. The van der Waals surface area contributed by atoms with E-state index in [1.165, 1.54) is 122 Å². The molecule has 0 saturated carbocycles. The first-order valence-corrected chi connectivity index (χ1v) is 30.8. The molecule has 0 aromatic heterocycles. The molecule has 2 aliphatic rings. The smallest absolute Gasteiger partial charge is 0.220 e. The number of unbranched alkanes of at least 4 members (excludes halogenated alkanes) is 23. The molecule has 2 saturated heterocycles. The van der Waals surface area contributed by atoms with Gasteiger partial charge < -0.3 is 65.1 Å². The predicted molar refractivity (Wildman–Crippen MR) is 313 cm³/mol. The second-order valence-corrected chi connectivity index (χ2v) is 21.4. The molecular formula is C64H111NO13. The van der Waals surface area contributed by atoms with Gasteiger partial charge in [-0.1, -0.05) is 214 Å². The maximum Gasteiger partial charge on any atom is 0.220 e. The van der Waals surface area contributed by atoms with E-state index in [1.807, 2.05) is 6.08 Å². The van der Waals surface area contributed by atoms with Gasteiger partial charge in [-0.15, -0.1) is 0 Å². The molecule has 12 unspecified atom stereocenters. The number of allylic oxidation sites excluding steroid dienone is 13. The van der Waals surface area contributed by atoms with Crippen LogP contribution in [0.15, 0.2) is 85.1 Å². The summed E-state index contributed by atoms with van der Waals surface area (Å²) in [6.45, 7) is 2.62. The summed E-state index contributed by atoms with van der Waals surface area (Å²) in [6.07, 6.45) is 49.4. The van der Waals surface area contributed by atoms with Crippen LogP contribution in [-0.2, 0) is 23.7 Å². The van der Waals surface area contributed by atoms with E-state index >= 15 is 0 Å². The lowest BCUT2D eigenvalue weighted by Gasteiger charge is -2.46. The van der Waals surface area contributed by atoms with E-state index in [9.17, 15) is 45.6 Å². The molecule has 2 fully saturated rings. The Balaban J connectivity index is 1.76. The van der Waals surface area contributed by atoms with Gasteiger partial charge in [-0.05, 0) is 83.5 Å². The molecule has 2 rings (SSSR count). The summed E-state index contributed by atoms with van der Waals surface area (Å²) >= 11 is 0. The molecule has 2 aliphatic heterocycles. The molecule has 0 aromatic rings. The topological polar surface area (TPSA) is 228 Å². The van der Waals surface area contributed by atoms with Gasteiger partial charge in [0, 0.05) is 6.42 Å². The molecule has 0 bridgehead atoms. The number of hydrogen-bond donors (Lipinski definition) is 9. The molecule has 450 valence electrons. The van der Waals surface area contributed by atoms with E-state index in [1.54, 1.807) is 6.08 Å². The van der Waals surface area contributed by atoms with Crippen molar-refractivity contribution >= 4 is 5.91 Å². The molecule has 2 heterocycles. The Morgan fingerprint density at radius 3 is 1.41 bits per heavy atom. The molecule has 0 radical (unpaired) electrons. The highest BCUT2D eigenvalue weighted by molar-refractivity contribution is 5.76. The van der Waals surface area contributed by atoms with Crippen LogP contribution < -0.4 is 5.32 Å². The Labute approximate surface area is 471 Å². The zero-order chi connectivity index (χ0) is 56.7. The Hall–Kier alpha value is -2.83. The van der Waals surface area contributed by atoms with Crippen molar-refractivity contribution in [1.82, 2.24) is 5.32 Å². The minimum absolute atomic E-state index is 0.213. The van der Waals surface area contributed by atoms with Crippen LogP contribution in [0, 0.1) is 0 Å². The van der Waals surface area contributed by atoms with Gasteiger partial charge in [0.2, 0.25) is 5.91 Å². The number of aliphatic hydroxyl groups is 8. The summed E-state index contributed by atoms with van der Waals surface area (Å²) in [6, 6.07) is -0.965. The van der Waals surface area contributed by atoms with E-state index in [0.717, 1.165) is 64.2 Å². The van der Waals surface area contributed by atoms with Crippen molar-refractivity contribution in [2.24, 2.45) is 0 Å². The Bertz CT molecular complexity index is 1630. The van der Waals surface area contributed by atoms with E-state index < -0.39 is 86.8 Å². The summed E-state index contributed by atoms with van der Waals surface area (Å²) in [4.78, 5) is 13.2. The van der Waals surface area contributed by atoms with Crippen LogP contribution in [0.4, 0.5) is 0 Å². The molecule has 0 spiro atoms. The van der Waals surface area contributed by atoms with Crippen LogP contribution in [0.1, 0.15) is 219 Å². The third-order valence-electron chi connectivity index (χ3n) is 14.5. The summed E-state index contributed by atoms with van der Waals surface area (Å²) in [5.41, 5.74) is 0. The summed E-state index contributed by atoms with van der Waals surface area (Å²) in [5.74, 6) is -0.296. The first-order valence-electron chi connectivity index (χ1n) is 30.8. The number of aliphatic hydroxyl groups excluding tert-OH is 8. The van der Waals surface area contributed by atoms with Gasteiger partial charge in [0.05, 0.1) is 32.0 Å². The van der Waals surface area contributed by atoms with Crippen molar-refractivity contribution in [3.05, 3.63) is 85.1 Å². The molecule has 1 amide bonds. The Kier molecular flexibility index (Phi) is 44.6. The zero-order valence-corrected chi connectivity index (χ0v) is 48.4. The number of hydrogen-bond acceptors (Lipinski definition) is 13. The monoisotopic (exact) mass is 1100 g/mol. The molecule has 78 heavy (non-hydrogen) atoms. The SMILES string of the molecule is CC/C=C\C/C=C\C/C=C\C/C=C\CCCCC(=O)NC(COC1OC(CO)C(OC2OC(CO)C(O)C(O)C2O)C(O)C1O)C(O)/C=C/CC/C=C/CC/C=C/CCCCCCCCCCCCCCCCCCCCC. The summed E-state index contributed by atoms with van der Waals surface area (Å²) < 4.78 is 22.7. The maximum absolute atomic E-state index is 13.2. The highest BCUT2D eigenvalue weighted by Crippen LogP contribution is 2.30. The number of rotatable bonds is 48. The van der Waals surface area contributed by atoms with E-state index in [-0.39, 0.29) is 18.9 Å². The summed E-state index contributed by atoms with van der Waals surface area (Å²) in [7, 11) is 0. The van der Waals surface area contributed by atoms with Gasteiger partial charge >= 0.3 is 0 Å². The molecule has 12 atom stereocenters. The fraction of sp³-hybridized carbons (Fsp3) is 0.766. The fourth-order valence-electron chi connectivity index (χ4n) is 9.61. The normalized spacial score (nSPS) is 25.2. The predicted octanol–water partition coefficient (Wildman–Crippen LogP) is 10.9. The third kappa shape index (κ3) is 33.8. The van der Waals surface area contributed by atoms with Crippen LogP contribution >= 0.6 is 0 Å². The highest BCUT2D eigenvalue weighted by atomic mass is 16.7. The minimum atomic E-state index is -1.80. The first-order chi connectivity index (χ1) is 38.1. The van der Waals surface area contributed by atoms with E-state index in [2.05, 4.69) is 92.1 Å². The van der Waals surface area contributed by atoms with Gasteiger partial charge in [0.15, 0.2) is 12.6 Å². The standard InChI is InChI=1S/C64H111NO13/c1-3-5-7-9-11-13-15-17-19-20-21-22-23-24-25-26-27-28-29-30-31-32-34-35-37-39-41-43-45-47-53(68)52(65-56(69)48-46-44-42-40-38-36-33-18-16-14-12-10-8-6-4-2)51-75-63-61(74)59(72)62(55(50-67)77-63)78-64-60(73)58(71)57(70)54(49-66)76-64/h6,8,12,14,18,31-33,37-40,45,47,52-55,57-64,66-68,70-74H,3-5,7,9-11,13,15-17,19-30,34-36,41-44,46,48-51H2,1-2H3,(H,65,69)/b8-6-,14-12-,32-31+,33-18-,39-37+,40-38-,47-45+. The molecule has 0 aromatic carbocycles. The molecule has 14 heteroatoms. The number of nitrogens with one attached hydrogen (secondary N) is 1. The highest BCUT2D eigenvalue weighted by Gasteiger charge is 2.51. The van der Waals surface area contributed by atoms with E-state index in [0.29, 0.717) is 12.8 Å². The van der Waals surface area contributed by atoms with Gasteiger partial charge in [0.25, 0.3) is 0 Å². The molecule has 0 aliphatic carbocycles. The molecule has 14 nitrogen and oxygen atoms in total. The quantitative estimate of drug-likeness (QED) is 0.0204. The van der Waals surface area contributed by atoms with Gasteiger partial charge in [-0.25, -0.2) is 0 Å². The first kappa shape index (κ1) is 71.3. The number of carbonyl (C=O) groups excluding carboxylic acids is 1. The number of ether oxygens (including phenoxy) is 4. The van der Waals surface area contributed by atoms with Gasteiger partial charge in [-0.3, -0.25) is 4.79 Å². The van der Waals surface area contributed by atoms with Crippen LogP contribution in [0.25, 0.3) is 0 Å². The van der Waals surface area contributed by atoms with Crippen molar-refractivity contribution in [2.45, 2.75) is 293 Å². The minimum Gasteiger partial charge on any atom is -0.394 e. The fourth-order valence-corrected chi connectivity index (χ4v) is 9.61. The molecule has 9 N–H and O–H groups in total. The zero-order valence-electron chi connectivity index (χ0n) is 48.4. The summed E-state index contributed by atoms with van der Waals surface area (Å²) in [5, 5.41) is 87.0. The lowest BCUT2D eigenvalue weighted by molar-refractivity contribution is -0.359. The van der Waals surface area contributed by atoms with Crippen LogP contribution in [0.3, 0.4) is 0 Å². The number of carbonyl (C=O) groups is 1. The second kappa shape index (κ2) is 48.8. The Morgan fingerprint density at radius 2 is 0.897 bits per heavy atom. The van der Waals surface area contributed by atoms with Crippen LogP contribution in [-0.4, -0.2) is 140 Å². The largest absolute Gasteiger partial charge is 0.394 e. The Morgan fingerprint density at radius 1 is 0.474 bits per heavy atom. The van der Waals surface area contributed by atoms with Crippen LogP contribution in [0.5, 0.6) is 0 Å². The van der Waals surface area contributed by atoms with Crippen molar-refractivity contribution in [2.75, 3.05) is 19.8 Å². The van der Waals surface area contributed by atoms with Crippen molar-refractivity contribution < 1.29 is 64.6 Å². The van der Waals surface area contributed by atoms with Crippen molar-refractivity contribution in [3.8, 4) is 0 Å².